The number of nitrogens with one attached hydrogen (secondary N) is 1. The second kappa shape index (κ2) is 5.52. The van der Waals surface area contributed by atoms with Gasteiger partial charge in [0.2, 0.25) is 0 Å². The van der Waals surface area contributed by atoms with Gasteiger partial charge in [-0.1, -0.05) is 0 Å². The van der Waals surface area contributed by atoms with Crippen molar-refractivity contribution in [3.05, 3.63) is 51.2 Å². The zero-order valence-electron chi connectivity index (χ0n) is 11.0. The Kier molecular flexibility index (Phi) is 3.79. The molecule has 0 saturated heterocycles. The predicted molar refractivity (Wildman–Crippen MR) is 72.2 cm³/mol. The topological polar surface area (TPSA) is 93.8 Å². The Morgan fingerprint density at radius 3 is 2.60 bits per heavy atom. The minimum absolute atomic E-state index is 0.00135. The monoisotopic (exact) mass is 275 g/mol. The third kappa shape index (κ3) is 2.51. The summed E-state index contributed by atoms with van der Waals surface area (Å²) in [5.41, 5.74) is 1.67. The number of carbonyl (C=O) groups excluding carboxylic acids is 1. The molecular weight excluding hydrogens is 262 g/mol. The van der Waals surface area contributed by atoms with Crippen molar-refractivity contribution in [1.82, 2.24) is 5.32 Å². The average Bonchev–Trinajstić information content (AvgIpc) is 2.46. The number of nitro benzene ring substituents is 1. The summed E-state index contributed by atoms with van der Waals surface area (Å²) in [7, 11) is 1.30. The van der Waals surface area contributed by atoms with E-state index < -0.39 is 16.9 Å². The molecule has 1 aliphatic heterocycles. The van der Waals surface area contributed by atoms with Crippen LogP contribution in [0.2, 0.25) is 0 Å². The van der Waals surface area contributed by atoms with Crippen molar-refractivity contribution in [3.8, 4) is 0 Å². The van der Waals surface area contributed by atoms with Gasteiger partial charge in [-0.25, -0.2) is 9.79 Å². The van der Waals surface area contributed by atoms with E-state index >= 15 is 0 Å². The number of rotatable bonds is 3. The number of hydrogen-bond acceptors (Lipinski definition) is 6. The van der Waals surface area contributed by atoms with Crippen LogP contribution < -0.4 is 5.32 Å². The highest BCUT2D eigenvalue weighted by Gasteiger charge is 2.27. The van der Waals surface area contributed by atoms with Gasteiger partial charge >= 0.3 is 5.97 Å². The Morgan fingerprint density at radius 2 is 2.05 bits per heavy atom. The van der Waals surface area contributed by atoms with E-state index in [0.717, 1.165) is 5.56 Å². The molecule has 1 aliphatic rings. The molecule has 0 fully saturated rings. The third-order valence-electron chi connectivity index (χ3n) is 3.02. The van der Waals surface area contributed by atoms with Gasteiger partial charge in [0, 0.05) is 12.1 Å². The summed E-state index contributed by atoms with van der Waals surface area (Å²) in [4.78, 5) is 26.0. The molecule has 1 aromatic rings. The first-order valence-electron chi connectivity index (χ1n) is 5.86. The summed E-state index contributed by atoms with van der Waals surface area (Å²) in [6.07, 6.45) is 1.49. The Labute approximate surface area is 115 Å². The number of carbonyl (C=O) groups is 1. The van der Waals surface area contributed by atoms with Crippen LogP contribution in [-0.2, 0) is 9.53 Å². The number of allylic oxidation sites excluding steroid dienone is 1. The molecule has 7 heteroatoms. The fourth-order valence-electron chi connectivity index (χ4n) is 2.00. The van der Waals surface area contributed by atoms with E-state index in [0.29, 0.717) is 11.3 Å². The van der Waals surface area contributed by atoms with Gasteiger partial charge in [-0.05, 0) is 24.6 Å². The van der Waals surface area contributed by atoms with Crippen molar-refractivity contribution in [1.29, 1.82) is 0 Å². The first-order valence-corrected chi connectivity index (χ1v) is 5.86. The van der Waals surface area contributed by atoms with Crippen LogP contribution in [0.4, 0.5) is 5.69 Å². The molecule has 7 nitrogen and oxygen atoms in total. The minimum Gasteiger partial charge on any atom is -0.466 e. The summed E-state index contributed by atoms with van der Waals surface area (Å²) in [5.74, 6) is -0.477. The van der Waals surface area contributed by atoms with E-state index in [4.69, 9.17) is 4.74 Å². The van der Waals surface area contributed by atoms with E-state index in [9.17, 15) is 14.9 Å². The lowest BCUT2D eigenvalue weighted by Crippen LogP contribution is -2.29. The van der Waals surface area contributed by atoms with Crippen LogP contribution in [-0.4, -0.2) is 24.3 Å². The van der Waals surface area contributed by atoms with Gasteiger partial charge < -0.3 is 10.1 Å². The largest absolute Gasteiger partial charge is 0.466 e. The standard InChI is InChI=1S/C13H13N3O4/c1-8-11(13(17)20-2)12(15-7-14-8)9-3-5-10(6-4-9)16(18)19/h3-7,12H,1-2H3,(H,14,15). The maximum atomic E-state index is 11.8. The summed E-state index contributed by atoms with van der Waals surface area (Å²) in [5, 5.41) is 13.6. The van der Waals surface area contributed by atoms with Gasteiger partial charge in [0.25, 0.3) is 5.69 Å². The molecule has 0 saturated carbocycles. The lowest BCUT2D eigenvalue weighted by atomic mass is 9.96. The van der Waals surface area contributed by atoms with E-state index in [2.05, 4.69) is 10.3 Å². The molecule has 0 amide bonds. The van der Waals surface area contributed by atoms with Gasteiger partial charge in [0.15, 0.2) is 0 Å². The van der Waals surface area contributed by atoms with Crippen LogP contribution in [0.5, 0.6) is 0 Å². The van der Waals surface area contributed by atoms with Crippen LogP contribution in [0.25, 0.3) is 0 Å². The minimum atomic E-state index is -0.477. The summed E-state index contributed by atoms with van der Waals surface area (Å²) in [6, 6.07) is 5.57. The number of esters is 1. The normalized spacial score (nSPS) is 17.6. The zero-order chi connectivity index (χ0) is 14.7. The SMILES string of the molecule is COC(=O)C1=C(C)N=CNC1c1ccc([N+](=O)[O-])cc1. The molecule has 1 unspecified atom stereocenters. The number of non-ortho nitro benzene ring substituents is 1. The van der Waals surface area contributed by atoms with Crippen LogP contribution in [0.15, 0.2) is 40.5 Å². The average molecular weight is 275 g/mol. The van der Waals surface area contributed by atoms with Crippen LogP contribution >= 0.6 is 0 Å². The van der Waals surface area contributed by atoms with Gasteiger partial charge in [-0.3, -0.25) is 10.1 Å². The molecule has 0 aliphatic carbocycles. The Bertz CT molecular complexity index is 605. The molecule has 0 spiro atoms. The summed E-state index contributed by atoms with van der Waals surface area (Å²) in [6.45, 7) is 1.71. The van der Waals surface area contributed by atoms with Gasteiger partial charge in [-0.2, -0.15) is 0 Å². The number of aliphatic imine (C=N–C) groups is 1. The van der Waals surface area contributed by atoms with Crippen LogP contribution in [0.3, 0.4) is 0 Å². The highest BCUT2D eigenvalue weighted by molar-refractivity contribution is 5.92. The molecule has 0 radical (unpaired) electrons. The first-order chi connectivity index (χ1) is 9.54. The third-order valence-corrected chi connectivity index (χ3v) is 3.02. The van der Waals surface area contributed by atoms with Crippen molar-refractivity contribution in [2.24, 2.45) is 4.99 Å². The number of nitrogens with zero attached hydrogens (tertiary/aromatic N) is 2. The molecule has 1 N–H and O–H groups in total. The maximum Gasteiger partial charge on any atom is 0.338 e. The molecule has 0 aromatic heterocycles. The highest BCUT2D eigenvalue weighted by Crippen LogP contribution is 2.28. The van der Waals surface area contributed by atoms with Crippen LogP contribution in [0.1, 0.15) is 18.5 Å². The molecular formula is C13H13N3O4. The van der Waals surface area contributed by atoms with Gasteiger partial charge in [0.1, 0.15) is 0 Å². The van der Waals surface area contributed by atoms with Crippen molar-refractivity contribution < 1.29 is 14.5 Å². The molecule has 20 heavy (non-hydrogen) atoms. The second-order valence-electron chi connectivity index (χ2n) is 4.20. The lowest BCUT2D eigenvalue weighted by molar-refractivity contribution is -0.384. The van der Waals surface area contributed by atoms with Crippen molar-refractivity contribution in [2.75, 3.05) is 7.11 Å². The fraction of sp³-hybridized carbons (Fsp3) is 0.231. The molecule has 2 rings (SSSR count). The van der Waals surface area contributed by atoms with E-state index in [1.807, 2.05) is 0 Å². The molecule has 104 valence electrons. The second-order valence-corrected chi connectivity index (χ2v) is 4.20. The van der Waals surface area contributed by atoms with E-state index in [1.54, 1.807) is 19.1 Å². The molecule has 1 heterocycles. The van der Waals surface area contributed by atoms with Gasteiger partial charge in [-0.15, -0.1) is 0 Å². The maximum absolute atomic E-state index is 11.8. The number of methoxy groups -OCH3 is 1. The van der Waals surface area contributed by atoms with Crippen molar-refractivity contribution in [3.63, 3.8) is 0 Å². The Hall–Kier alpha value is -2.70. The number of benzene rings is 1. The molecule has 1 aromatic carbocycles. The first kappa shape index (κ1) is 13.7. The fourth-order valence-corrected chi connectivity index (χ4v) is 2.00. The number of ether oxygens (including phenoxy) is 1. The highest BCUT2D eigenvalue weighted by atomic mass is 16.6. The number of hydrogen-bond donors (Lipinski definition) is 1. The lowest BCUT2D eigenvalue weighted by Gasteiger charge is -2.23. The van der Waals surface area contributed by atoms with Gasteiger partial charge in [0.05, 0.1) is 35.7 Å². The Morgan fingerprint density at radius 1 is 1.40 bits per heavy atom. The van der Waals surface area contributed by atoms with Crippen molar-refractivity contribution in [2.45, 2.75) is 13.0 Å². The molecule has 1 atom stereocenters. The van der Waals surface area contributed by atoms with E-state index in [1.165, 1.54) is 25.6 Å². The molecule has 0 bridgehead atoms. The number of nitro groups is 1. The quantitative estimate of drug-likeness (QED) is 0.515. The van der Waals surface area contributed by atoms with Crippen molar-refractivity contribution >= 4 is 18.0 Å². The Balaban J connectivity index is 2.38. The van der Waals surface area contributed by atoms with E-state index in [-0.39, 0.29) is 5.69 Å². The van der Waals surface area contributed by atoms with Crippen LogP contribution in [0, 0.1) is 10.1 Å². The zero-order valence-corrected chi connectivity index (χ0v) is 11.0. The predicted octanol–water partition coefficient (Wildman–Crippen LogP) is 1.71. The summed E-state index contributed by atoms with van der Waals surface area (Å²) < 4.78 is 4.75. The summed E-state index contributed by atoms with van der Waals surface area (Å²) >= 11 is 0. The smallest absolute Gasteiger partial charge is 0.338 e.